The molecule has 17 heavy (non-hydrogen) atoms. The van der Waals surface area contributed by atoms with E-state index >= 15 is 0 Å². The zero-order valence-electron chi connectivity index (χ0n) is 10.6. The summed E-state index contributed by atoms with van der Waals surface area (Å²) < 4.78 is 11.3. The van der Waals surface area contributed by atoms with Gasteiger partial charge in [0, 0.05) is 13.5 Å². The summed E-state index contributed by atoms with van der Waals surface area (Å²) in [7, 11) is 4.58. The summed E-state index contributed by atoms with van der Waals surface area (Å²) in [6.07, 6.45) is -0.331. The minimum Gasteiger partial charge on any atom is -0.481 e. The maximum absolute atomic E-state index is 11.0. The van der Waals surface area contributed by atoms with Crippen LogP contribution < -0.4 is 4.74 Å². The van der Waals surface area contributed by atoms with Crippen molar-refractivity contribution >= 4 is 5.97 Å². The minimum atomic E-state index is -0.780. The van der Waals surface area contributed by atoms with Gasteiger partial charge in [0.15, 0.2) is 0 Å². The summed E-state index contributed by atoms with van der Waals surface area (Å²) in [5, 5.41) is 14.2. The van der Waals surface area contributed by atoms with Gasteiger partial charge in [0.2, 0.25) is 5.88 Å². The number of carbonyl (C=O) groups is 1. The number of ether oxygens (including phenoxy) is 2. The Morgan fingerprint density at radius 2 is 2.18 bits per heavy atom. The van der Waals surface area contributed by atoms with Crippen molar-refractivity contribution in [2.45, 2.75) is 25.9 Å². The van der Waals surface area contributed by atoms with Crippen molar-refractivity contribution in [3.63, 3.8) is 0 Å². The predicted molar refractivity (Wildman–Crippen MR) is 60.7 cm³/mol. The molecular weight excluding hydrogens is 224 g/mol. The fourth-order valence-electron chi connectivity index (χ4n) is 1.78. The van der Waals surface area contributed by atoms with E-state index < -0.39 is 6.10 Å². The number of aliphatic hydroxyl groups excluding tert-OH is 1. The second-order valence-electron chi connectivity index (χ2n) is 3.76. The molecule has 0 spiro atoms. The number of rotatable bonds is 5. The fraction of sp³-hybridized carbons (Fsp3) is 0.636. The van der Waals surface area contributed by atoms with Gasteiger partial charge in [-0.2, -0.15) is 5.10 Å². The Kier molecular flexibility index (Phi) is 4.51. The van der Waals surface area contributed by atoms with Gasteiger partial charge in [0.05, 0.1) is 31.6 Å². The molecule has 0 aliphatic heterocycles. The molecule has 1 N–H and O–H groups in total. The van der Waals surface area contributed by atoms with Gasteiger partial charge in [0.1, 0.15) is 0 Å². The number of aryl methyl sites for hydroxylation is 2. The van der Waals surface area contributed by atoms with Crippen molar-refractivity contribution in [3.8, 4) is 5.88 Å². The number of methoxy groups -OCH3 is 2. The second-order valence-corrected chi connectivity index (χ2v) is 3.76. The third-order valence-corrected chi connectivity index (χ3v) is 2.59. The van der Waals surface area contributed by atoms with E-state index in [1.54, 1.807) is 18.7 Å². The van der Waals surface area contributed by atoms with Crippen molar-refractivity contribution in [2.75, 3.05) is 14.2 Å². The molecule has 1 heterocycles. The standard InChI is InChI=1S/C11H18N2O4/c1-7-10(11(17-4)13(2)12-7)8(14)5-6-9(15)16-3/h8,14H,5-6H2,1-4H3. The molecule has 0 saturated carbocycles. The third kappa shape index (κ3) is 2.97. The summed E-state index contributed by atoms with van der Waals surface area (Å²) in [6.45, 7) is 1.79. The number of nitrogens with zero attached hydrogens (tertiary/aromatic N) is 2. The summed E-state index contributed by atoms with van der Waals surface area (Å²) in [4.78, 5) is 11.0. The number of aromatic nitrogens is 2. The van der Waals surface area contributed by atoms with Crippen LogP contribution in [-0.2, 0) is 16.6 Å². The lowest BCUT2D eigenvalue weighted by molar-refractivity contribution is -0.141. The van der Waals surface area contributed by atoms with Gasteiger partial charge in [-0.1, -0.05) is 0 Å². The van der Waals surface area contributed by atoms with Crippen molar-refractivity contribution < 1.29 is 19.4 Å². The lowest BCUT2D eigenvalue weighted by Crippen LogP contribution is -2.06. The molecule has 1 aromatic heterocycles. The van der Waals surface area contributed by atoms with E-state index in [0.29, 0.717) is 17.1 Å². The van der Waals surface area contributed by atoms with Gasteiger partial charge in [-0.25, -0.2) is 4.68 Å². The van der Waals surface area contributed by atoms with Crippen LogP contribution in [0.5, 0.6) is 5.88 Å². The van der Waals surface area contributed by atoms with Gasteiger partial charge in [-0.05, 0) is 13.3 Å². The molecule has 0 bridgehead atoms. The van der Waals surface area contributed by atoms with Gasteiger partial charge in [0.25, 0.3) is 0 Å². The highest BCUT2D eigenvalue weighted by Gasteiger charge is 2.22. The van der Waals surface area contributed by atoms with Crippen LogP contribution >= 0.6 is 0 Å². The molecular formula is C11H18N2O4. The van der Waals surface area contributed by atoms with Crippen molar-refractivity contribution in [2.24, 2.45) is 7.05 Å². The number of aliphatic hydroxyl groups is 1. The molecule has 0 fully saturated rings. The maximum atomic E-state index is 11.0. The highest BCUT2D eigenvalue weighted by molar-refractivity contribution is 5.69. The number of hydrogen-bond donors (Lipinski definition) is 1. The third-order valence-electron chi connectivity index (χ3n) is 2.59. The Morgan fingerprint density at radius 1 is 1.53 bits per heavy atom. The summed E-state index contributed by atoms with van der Waals surface area (Å²) in [6, 6.07) is 0. The van der Waals surface area contributed by atoms with Crippen LogP contribution in [0.3, 0.4) is 0 Å². The molecule has 0 aromatic carbocycles. The van der Waals surface area contributed by atoms with E-state index in [1.807, 2.05) is 0 Å². The zero-order chi connectivity index (χ0) is 13.0. The SMILES string of the molecule is COC(=O)CCC(O)c1c(C)nn(C)c1OC. The number of hydrogen-bond acceptors (Lipinski definition) is 5. The molecule has 1 unspecified atom stereocenters. The first-order valence-corrected chi connectivity index (χ1v) is 5.33. The summed E-state index contributed by atoms with van der Waals surface area (Å²) >= 11 is 0. The molecule has 0 radical (unpaired) electrons. The monoisotopic (exact) mass is 242 g/mol. The highest BCUT2D eigenvalue weighted by atomic mass is 16.5. The Hall–Kier alpha value is -1.56. The molecule has 1 atom stereocenters. The van der Waals surface area contributed by atoms with Gasteiger partial charge >= 0.3 is 5.97 Å². The van der Waals surface area contributed by atoms with E-state index in [0.717, 1.165) is 0 Å². The van der Waals surface area contributed by atoms with E-state index in [-0.39, 0.29) is 18.8 Å². The van der Waals surface area contributed by atoms with Crippen LogP contribution in [0.2, 0.25) is 0 Å². The lowest BCUT2D eigenvalue weighted by atomic mass is 10.1. The number of esters is 1. The number of carbonyl (C=O) groups excluding carboxylic acids is 1. The largest absolute Gasteiger partial charge is 0.481 e. The predicted octanol–water partition coefficient (Wildman–Crippen LogP) is 0.724. The molecule has 0 aliphatic carbocycles. The Balaban J connectivity index is 2.81. The first kappa shape index (κ1) is 13.5. The van der Waals surface area contributed by atoms with Crippen molar-refractivity contribution in [1.29, 1.82) is 0 Å². The van der Waals surface area contributed by atoms with E-state index in [9.17, 15) is 9.90 Å². The molecule has 1 rings (SSSR count). The quantitative estimate of drug-likeness (QED) is 0.770. The normalized spacial score (nSPS) is 12.3. The Labute approximate surface area is 100 Å². The van der Waals surface area contributed by atoms with Gasteiger partial charge in [-0.3, -0.25) is 4.79 Å². The molecule has 0 aliphatic rings. The van der Waals surface area contributed by atoms with Gasteiger partial charge in [-0.15, -0.1) is 0 Å². The topological polar surface area (TPSA) is 73.6 Å². The van der Waals surface area contributed by atoms with Crippen LogP contribution in [0, 0.1) is 6.92 Å². The average molecular weight is 242 g/mol. The fourth-order valence-corrected chi connectivity index (χ4v) is 1.78. The van der Waals surface area contributed by atoms with Gasteiger partial charge < -0.3 is 14.6 Å². The van der Waals surface area contributed by atoms with E-state index in [2.05, 4.69) is 9.84 Å². The zero-order valence-corrected chi connectivity index (χ0v) is 10.6. The summed E-state index contributed by atoms with van der Waals surface area (Å²) in [5.74, 6) is 0.171. The minimum absolute atomic E-state index is 0.162. The molecule has 0 saturated heterocycles. The van der Waals surface area contributed by atoms with Crippen molar-refractivity contribution in [1.82, 2.24) is 9.78 Å². The highest BCUT2D eigenvalue weighted by Crippen LogP contribution is 2.30. The molecule has 96 valence electrons. The Bertz CT molecular complexity index is 400. The second kappa shape index (κ2) is 5.67. The van der Waals surface area contributed by atoms with Crippen molar-refractivity contribution in [3.05, 3.63) is 11.3 Å². The van der Waals surface area contributed by atoms with Crippen LogP contribution in [-0.4, -0.2) is 35.1 Å². The van der Waals surface area contributed by atoms with Crippen LogP contribution in [0.4, 0.5) is 0 Å². The maximum Gasteiger partial charge on any atom is 0.305 e. The lowest BCUT2D eigenvalue weighted by Gasteiger charge is -2.11. The average Bonchev–Trinajstić information content (AvgIpc) is 2.59. The van der Waals surface area contributed by atoms with Crippen LogP contribution in [0.25, 0.3) is 0 Å². The molecule has 6 nitrogen and oxygen atoms in total. The molecule has 0 amide bonds. The smallest absolute Gasteiger partial charge is 0.305 e. The first-order chi connectivity index (χ1) is 8.01. The molecule has 1 aromatic rings. The van der Waals surface area contributed by atoms with E-state index in [1.165, 1.54) is 14.2 Å². The van der Waals surface area contributed by atoms with Crippen LogP contribution in [0.1, 0.15) is 30.2 Å². The van der Waals surface area contributed by atoms with Crippen LogP contribution in [0.15, 0.2) is 0 Å². The van der Waals surface area contributed by atoms with E-state index in [4.69, 9.17) is 4.74 Å². The molecule has 6 heteroatoms. The Morgan fingerprint density at radius 3 is 2.71 bits per heavy atom. The first-order valence-electron chi connectivity index (χ1n) is 5.33. The summed E-state index contributed by atoms with van der Waals surface area (Å²) in [5.41, 5.74) is 1.32.